The molecule has 0 heterocycles. The molecule has 90 heavy (non-hydrogen) atoms. The standard InChI is InChI=1S/C22H30BrFN2O4S2.C18H22BrFN2O3S.C12H15BrFNOS.C10H15NO3S/c1-21(2,3)31(27)25-22(4,19-13-17(23)9-12-20(19)24)15-32(28,29)26(5)14-16-7-10-18(30-6)11-8-16;1-18(21,16-10-14(19)6-9-17(16)20)12-26(23,24)22(2)11-13-4-7-15(25-3)8-5-13;1-8(15-17(16)12(2,3)4)10-7-9(13)5-6-11(10)14;1-11(15(3,12)13)8-9-4-6-10(14-2)7-5-9/h7-13,25H,14-15H2,1-6H3;4-10H,11-12,21H2,1-3H3;5-7H,1-4H3;4-7H,8H2,1-3H3/t22-,31+;18-;17-;/m001./s1. The van der Waals surface area contributed by atoms with Crippen LogP contribution in [0.2, 0.25) is 0 Å². The molecule has 0 fully saturated rings. The van der Waals surface area contributed by atoms with E-state index in [1.165, 1.54) is 76.6 Å². The number of nitrogens with one attached hydrogen (secondary N) is 1. The monoisotopic (exact) mass is 1540 g/mol. The summed E-state index contributed by atoms with van der Waals surface area (Å²) in [6, 6.07) is 34.7. The number of rotatable bonds is 22. The summed E-state index contributed by atoms with van der Waals surface area (Å²) in [6.07, 6.45) is 1.19. The Bertz CT molecular complexity index is 3790. The highest BCUT2D eigenvalue weighted by Crippen LogP contribution is 2.32. The van der Waals surface area contributed by atoms with Crippen molar-refractivity contribution < 1.29 is 61.1 Å². The summed E-state index contributed by atoms with van der Waals surface area (Å²) in [6.45, 7) is 16.2. The van der Waals surface area contributed by atoms with Crippen LogP contribution in [0.4, 0.5) is 13.2 Å². The zero-order valence-corrected chi connectivity index (χ0v) is 62.2. The quantitative estimate of drug-likeness (QED) is 0.0606. The van der Waals surface area contributed by atoms with Crippen molar-refractivity contribution in [2.24, 2.45) is 10.1 Å². The molecule has 498 valence electrons. The Hall–Kier alpha value is -4.43. The first-order chi connectivity index (χ1) is 41.4. The van der Waals surface area contributed by atoms with Gasteiger partial charge in [-0.2, -0.15) is 4.40 Å². The number of sulfonamides is 3. The molecule has 0 radical (unpaired) electrons. The highest BCUT2D eigenvalue weighted by atomic mass is 79.9. The fraction of sp³-hybridized carbons (Fsp3) is 0.403. The molecule has 0 aliphatic rings. The van der Waals surface area contributed by atoms with Crippen LogP contribution in [0.3, 0.4) is 0 Å². The summed E-state index contributed by atoms with van der Waals surface area (Å²) in [4.78, 5) is 0. The summed E-state index contributed by atoms with van der Waals surface area (Å²) in [5.41, 5.74) is 6.96. The molecule has 0 aliphatic heterocycles. The molecule has 0 aromatic heterocycles. The Balaban J connectivity index is 0.000000327. The van der Waals surface area contributed by atoms with Crippen molar-refractivity contribution in [1.82, 2.24) is 17.6 Å². The van der Waals surface area contributed by atoms with Gasteiger partial charge in [0.15, 0.2) is 0 Å². The van der Waals surface area contributed by atoms with E-state index >= 15 is 0 Å². The summed E-state index contributed by atoms with van der Waals surface area (Å²) < 4.78 is 168. The first kappa shape index (κ1) is 79.8. The molecule has 0 spiro atoms. The van der Waals surface area contributed by atoms with Crippen molar-refractivity contribution in [2.75, 3.05) is 60.2 Å². The van der Waals surface area contributed by atoms with E-state index in [-0.39, 0.29) is 30.0 Å². The molecule has 3 N–H and O–H groups in total. The van der Waals surface area contributed by atoms with Gasteiger partial charge >= 0.3 is 0 Å². The Morgan fingerprint density at radius 3 is 1.24 bits per heavy atom. The van der Waals surface area contributed by atoms with Gasteiger partial charge in [-0.15, -0.1) is 0 Å². The van der Waals surface area contributed by atoms with E-state index < -0.39 is 95.8 Å². The van der Waals surface area contributed by atoms with Gasteiger partial charge in [0.05, 0.1) is 76.4 Å². The second-order valence-corrected chi connectivity index (χ2v) is 36.1. The summed E-state index contributed by atoms with van der Waals surface area (Å²) in [5.74, 6) is -0.249. The highest BCUT2D eigenvalue weighted by molar-refractivity contribution is 9.11. The minimum atomic E-state index is -3.88. The van der Waals surface area contributed by atoms with Crippen LogP contribution in [-0.2, 0) is 82.8 Å². The van der Waals surface area contributed by atoms with Gasteiger partial charge < -0.3 is 19.9 Å². The number of nitrogens with zero attached hydrogens (tertiary/aromatic N) is 4. The Morgan fingerprint density at radius 2 is 0.878 bits per heavy atom. The number of hydrogen-bond donors (Lipinski definition) is 2. The van der Waals surface area contributed by atoms with Crippen molar-refractivity contribution >= 4 is 106 Å². The summed E-state index contributed by atoms with van der Waals surface area (Å²) >= 11 is 9.85. The summed E-state index contributed by atoms with van der Waals surface area (Å²) in [5, 5.41) is 0. The molecule has 28 heteroatoms. The van der Waals surface area contributed by atoms with Crippen molar-refractivity contribution in [3.63, 3.8) is 0 Å². The normalized spacial score (nSPS) is 14.4. The lowest BCUT2D eigenvalue weighted by Crippen LogP contribution is -2.52. The van der Waals surface area contributed by atoms with Crippen LogP contribution in [0, 0.1) is 17.5 Å². The fourth-order valence-electron chi connectivity index (χ4n) is 7.78. The molecule has 0 amide bonds. The van der Waals surface area contributed by atoms with Gasteiger partial charge in [-0.25, -0.2) is 64.5 Å². The lowest BCUT2D eigenvalue weighted by molar-refractivity contribution is 0.413. The third kappa shape index (κ3) is 25.5. The van der Waals surface area contributed by atoms with Crippen LogP contribution in [0.1, 0.15) is 95.7 Å². The van der Waals surface area contributed by atoms with Gasteiger partial charge in [0, 0.05) is 70.9 Å². The summed E-state index contributed by atoms with van der Waals surface area (Å²) in [7, 11) is -4.50. The van der Waals surface area contributed by atoms with E-state index in [9.17, 15) is 46.8 Å². The van der Waals surface area contributed by atoms with Gasteiger partial charge in [-0.3, -0.25) is 0 Å². The molecule has 0 unspecified atom stereocenters. The van der Waals surface area contributed by atoms with Crippen LogP contribution in [-0.4, -0.2) is 122 Å². The van der Waals surface area contributed by atoms with E-state index in [0.29, 0.717) is 38.3 Å². The van der Waals surface area contributed by atoms with Crippen LogP contribution in [0.15, 0.2) is 145 Å². The van der Waals surface area contributed by atoms with Crippen LogP contribution in [0.5, 0.6) is 17.2 Å². The number of halogens is 6. The first-order valence-corrected chi connectivity index (χ1v) is 37.1. The molecule has 6 rings (SSSR count). The van der Waals surface area contributed by atoms with Crippen molar-refractivity contribution in [2.45, 2.75) is 103 Å². The van der Waals surface area contributed by atoms with Crippen LogP contribution < -0.4 is 24.7 Å². The minimum Gasteiger partial charge on any atom is -0.497 e. The second-order valence-electron chi connectivity index (χ2n) is 23.2. The molecular formula is C62H82Br3F3N6O11S5. The van der Waals surface area contributed by atoms with Crippen molar-refractivity contribution in [3.05, 3.63) is 192 Å². The van der Waals surface area contributed by atoms with Gasteiger partial charge in [-0.1, -0.05) is 84.2 Å². The van der Waals surface area contributed by atoms with E-state index in [0.717, 1.165) is 26.9 Å². The van der Waals surface area contributed by atoms with E-state index in [1.807, 2.05) is 45.0 Å². The minimum absolute atomic E-state index is 0.117. The van der Waals surface area contributed by atoms with Gasteiger partial charge in [0.2, 0.25) is 30.1 Å². The van der Waals surface area contributed by atoms with Gasteiger partial charge in [-0.05, 0) is 170 Å². The van der Waals surface area contributed by atoms with Gasteiger partial charge in [0.25, 0.3) is 0 Å². The average molecular weight is 1540 g/mol. The van der Waals surface area contributed by atoms with Crippen LogP contribution >= 0.6 is 47.8 Å². The zero-order chi connectivity index (χ0) is 68.5. The predicted molar refractivity (Wildman–Crippen MR) is 368 cm³/mol. The lowest BCUT2D eigenvalue weighted by Gasteiger charge is -2.35. The highest BCUT2D eigenvalue weighted by Gasteiger charge is 2.40. The maximum absolute atomic E-state index is 14.8. The number of ether oxygens (including phenoxy) is 3. The van der Waals surface area contributed by atoms with E-state index in [1.54, 1.807) is 130 Å². The lowest BCUT2D eigenvalue weighted by atomic mass is 9.95. The first-order valence-electron chi connectivity index (χ1n) is 27.4. The number of hydrogen-bond acceptors (Lipinski definition) is 12. The molecule has 0 bridgehead atoms. The molecule has 0 saturated carbocycles. The smallest absolute Gasteiger partial charge is 0.216 e. The van der Waals surface area contributed by atoms with E-state index in [4.69, 9.17) is 19.9 Å². The predicted octanol–water partition coefficient (Wildman–Crippen LogP) is 12.5. The maximum atomic E-state index is 14.8. The molecule has 0 saturated heterocycles. The Kier molecular flexibility index (Phi) is 30.3. The largest absolute Gasteiger partial charge is 0.497 e. The molecule has 0 aliphatic carbocycles. The van der Waals surface area contributed by atoms with Crippen molar-refractivity contribution in [3.8, 4) is 17.2 Å². The number of benzene rings is 6. The number of methoxy groups -OCH3 is 3. The Morgan fingerprint density at radius 1 is 0.533 bits per heavy atom. The Labute approximate surface area is 561 Å². The molecule has 4 atom stereocenters. The topological polar surface area (TPSA) is 224 Å². The van der Waals surface area contributed by atoms with Crippen LogP contribution in [0.25, 0.3) is 0 Å². The maximum Gasteiger partial charge on any atom is 0.216 e. The molecule has 6 aromatic carbocycles. The fourth-order valence-corrected chi connectivity index (χ4v) is 13.9. The second kappa shape index (κ2) is 34.1. The molecule has 17 nitrogen and oxygen atoms in total. The average Bonchev–Trinajstić information content (AvgIpc) is 1.06. The van der Waals surface area contributed by atoms with E-state index in [2.05, 4.69) is 56.9 Å². The van der Waals surface area contributed by atoms with Gasteiger partial charge in [0.1, 0.15) is 45.7 Å². The number of nitrogens with two attached hydrogens (primary N) is 1. The third-order valence-corrected chi connectivity index (χ3v) is 23.2. The SMILES string of the molecule is CC(=N[S@](=O)C(C)(C)C)c1cc(Br)ccc1F.COc1ccc(CN(C)S(=O)(=O)C[C@](C)(N)c2cc(Br)ccc2F)cc1.COc1ccc(CN(C)S(=O)(=O)C[C@](C)(N[S@](=O)C(C)(C)C)c2cc(Br)ccc2F)cc1.COc1ccc(CN(C)S(C)(=O)=O)cc1. The van der Waals surface area contributed by atoms with Crippen molar-refractivity contribution in [1.29, 1.82) is 0 Å². The molecule has 6 aromatic rings. The zero-order valence-electron chi connectivity index (χ0n) is 53.3. The molecular weight excluding hydrogens is 1460 g/mol. The third-order valence-electron chi connectivity index (χ3n) is 13.2.